The van der Waals surface area contributed by atoms with Crippen LogP contribution in [0.15, 0.2) is 24.3 Å². The molecule has 1 aliphatic rings. The van der Waals surface area contributed by atoms with Gasteiger partial charge in [-0.05, 0) is 25.3 Å². The summed E-state index contributed by atoms with van der Waals surface area (Å²) in [5.41, 5.74) is 0.105. The minimum atomic E-state index is -0.532. The van der Waals surface area contributed by atoms with Crippen LogP contribution >= 0.6 is 12.2 Å². The molecule has 1 amide bonds. The van der Waals surface area contributed by atoms with Gasteiger partial charge in [0.05, 0.1) is 4.92 Å². The topological polar surface area (TPSA) is 78.7 Å². The first-order valence-electron chi connectivity index (χ1n) is 6.50. The molecule has 8 heteroatoms. The van der Waals surface area contributed by atoms with E-state index in [2.05, 4.69) is 10.2 Å². The number of carbonyl (C=O) groups is 1. The Morgan fingerprint density at radius 1 is 1.33 bits per heavy atom. The Morgan fingerprint density at radius 3 is 2.62 bits per heavy atom. The summed E-state index contributed by atoms with van der Waals surface area (Å²) in [5.74, 6) is -0.428. The molecular formula is C13H16N4O3S. The van der Waals surface area contributed by atoms with E-state index in [1.807, 2.05) is 11.9 Å². The molecule has 7 nitrogen and oxygen atoms in total. The van der Waals surface area contributed by atoms with Crippen LogP contribution in [0.25, 0.3) is 0 Å². The van der Waals surface area contributed by atoms with Crippen LogP contribution in [0.1, 0.15) is 10.4 Å². The number of thiocarbonyl (C=S) groups is 1. The third-order valence-corrected chi connectivity index (χ3v) is 3.69. The smallest absolute Gasteiger partial charge is 0.270 e. The largest absolute Gasteiger partial charge is 0.346 e. The van der Waals surface area contributed by atoms with Crippen molar-refractivity contribution in [2.75, 3.05) is 33.2 Å². The SMILES string of the molecule is CN1CCN(C(=S)NC(=O)c2cccc([N+](=O)[O-])c2)CC1. The van der Waals surface area contributed by atoms with Crippen molar-refractivity contribution in [3.8, 4) is 0 Å². The maximum absolute atomic E-state index is 12.1. The number of carbonyl (C=O) groups excluding carboxylic acids is 1. The van der Waals surface area contributed by atoms with Crippen molar-refractivity contribution in [1.82, 2.24) is 15.1 Å². The number of piperazine rings is 1. The van der Waals surface area contributed by atoms with Gasteiger partial charge in [-0.25, -0.2) is 0 Å². The summed E-state index contributed by atoms with van der Waals surface area (Å²) in [6.45, 7) is 3.27. The van der Waals surface area contributed by atoms with Gasteiger partial charge in [0.25, 0.3) is 11.6 Å². The number of nitrogens with one attached hydrogen (secondary N) is 1. The van der Waals surface area contributed by atoms with E-state index >= 15 is 0 Å². The molecule has 1 aromatic carbocycles. The van der Waals surface area contributed by atoms with Gasteiger partial charge in [-0.2, -0.15) is 0 Å². The molecule has 0 saturated carbocycles. The molecule has 1 N–H and O–H groups in total. The van der Waals surface area contributed by atoms with Crippen LogP contribution in [-0.4, -0.2) is 59.0 Å². The molecule has 0 atom stereocenters. The van der Waals surface area contributed by atoms with Gasteiger partial charge in [-0.3, -0.25) is 20.2 Å². The van der Waals surface area contributed by atoms with E-state index in [9.17, 15) is 14.9 Å². The molecule has 1 fully saturated rings. The zero-order valence-electron chi connectivity index (χ0n) is 11.6. The van der Waals surface area contributed by atoms with E-state index in [0.29, 0.717) is 5.11 Å². The van der Waals surface area contributed by atoms with Gasteiger partial charge < -0.3 is 9.80 Å². The molecule has 0 aromatic heterocycles. The first-order chi connectivity index (χ1) is 9.97. The molecular weight excluding hydrogens is 292 g/mol. The maximum atomic E-state index is 12.1. The van der Waals surface area contributed by atoms with Gasteiger partial charge in [0, 0.05) is 43.9 Å². The van der Waals surface area contributed by atoms with Gasteiger partial charge >= 0.3 is 0 Å². The standard InChI is InChI=1S/C13H16N4O3S/c1-15-5-7-16(8-6-15)13(21)14-12(18)10-3-2-4-11(9-10)17(19)20/h2-4,9H,5-8H2,1H3,(H,14,18,21). The van der Waals surface area contributed by atoms with Crippen LogP contribution in [0.3, 0.4) is 0 Å². The van der Waals surface area contributed by atoms with E-state index in [1.165, 1.54) is 24.3 Å². The fourth-order valence-corrected chi connectivity index (χ4v) is 2.29. The summed E-state index contributed by atoms with van der Waals surface area (Å²) in [6.07, 6.45) is 0. The van der Waals surface area contributed by atoms with Gasteiger partial charge in [-0.15, -0.1) is 0 Å². The lowest BCUT2D eigenvalue weighted by atomic mass is 10.2. The predicted molar refractivity (Wildman–Crippen MR) is 82.2 cm³/mol. The molecule has 1 aliphatic heterocycles. The molecule has 1 heterocycles. The van der Waals surface area contributed by atoms with Crippen molar-refractivity contribution in [3.63, 3.8) is 0 Å². The number of nitro groups is 1. The lowest BCUT2D eigenvalue weighted by Gasteiger charge is -2.33. The van der Waals surface area contributed by atoms with Crippen LogP contribution < -0.4 is 5.32 Å². The Balaban J connectivity index is 1.99. The highest BCUT2D eigenvalue weighted by Gasteiger charge is 2.19. The summed E-state index contributed by atoms with van der Waals surface area (Å²) < 4.78 is 0. The number of rotatable bonds is 2. The predicted octanol–water partition coefficient (Wildman–Crippen LogP) is 0.857. The Labute approximate surface area is 127 Å². The van der Waals surface area contributed by atoms with E-state index in [-0.39, 0.29) is 11.3 Å². The van der Waals surface area contributed by atoms with Crippen molar-refractivity contribution >= 4 is 28.9 Å². The maximum Gasteiger partial charge on any atom is 0.270 e. The monoisotopic (exact) mass is 308 g/mol. The molecule has 0 radical (unpaired) electrons. The summed E-state index contributed by atoms with van der Waals surface area (Å²) in [7, 11) is 2.03. The molecule has 0 unspecified atom stereocenters. The fraction of sp³-hybridized carbons (Fsp3) is 0.385. The fourth-order valence-electron chi connectivity index (χ4n) is 2.02. The Hall–Kier alpha value is -2.06. The number of nitrogens with zero attached hydrogens (tertiary/aromatic N) is 3. The molecule has 1 saturated heterocycles. The van der Waals surface area contributed by atoms with Gasteiger partial charge in [0.1, 0.15) is 0 Å². The molecule has 0 aliphatic carbocycles. The molecule has 21 heavy (non-hydrogen) atoms. The summed E-state index contributed by atoms with van der Waals surface area (Å²) in [4.78, 5) is 26.4. The Morgan fingerprint density at radius 2 is 2.00 bits per heavy atom. The van der Waals surface area contributed by atoms with Crippen LogP contribution in [0.2, 0.25) is 0 Å². The minimum absolute atomic E-state index is 0.117. The number of amides is 1. The zero-order valence-corrected chi connectivity index (χ0v) is 12.4. The number of hydrogen-bond acceptors (Lipinski definition) is 5. The van der Waals surface area contributed by atoms with E-state index in [4.69, 9.17) is 12.2 Å². The second-order valence-corrected chi connectivity index (χ2v) is 5.24. The van der Waals surface area contributed by atoms with Crippen molar-refractivity contribution in [1.29, 1.82) is 0 Å². The highest BCUT2D eigenvalue weighted by Crippen LogP contribution is 2.13. The first-order valence-corrected chi connectivity index (χ1v) is 6.91. The highest BCUT2D eigenvalue weighted by atomic mass is 32.1. The summed E-state index contributed by atoms with van der Waals surface area (Å²) in [6, 6.07) is 5.58. The number of nitro benzene ring substituents is 1. The zero-order chi connectivity index (χ0) is 15.4. The van der Waals surface area contributed by atoms with Crippen molar-refractivity contribution in [3.05, 3.63) is 39.9 Å². The Bertz CT molecular complexity index is 570. The molecule has 0 spiro atoms. The van der Waals surface area contributed by atoms with Gasteiger partial charge in [0.15, 0.2) is 5.11 Å². The van der Waals surface area contributed by atoms with Gasteiger partial charge in [-0.1, -0.05) is 6.07 Å². The quantitative estimate of drug-likeness (QED) is 0.496. The number of benzene rings is 1. The van der Waals surface area contributed by atoms with Crippen molar-refractivity contribution in [2.45, 2.75) is 0 Å². The average molecular weight is 308 g/mol. The van der Waals surface area contributed by atoms with Crippen LogP contribution in [0.4, 0.5) is 5.69 Å². The third-order valence-electron chi connectivity index (χ3n) is 3.33. The van der Waals surface area contributed by atoms with Crippen molar-refractivity contribution in [2.24, 2.45) is 0 Å². The van der Waals surface area contributed by atoms with Crippen LogP contribution in [0, 0.1) is 10.1 Å². The third kappa shape index (κ3) is 3.96. The molecule has 112 valence electrons. The lowest BCUT2D eigenvalue weighted by Crippen LogP contribution is -2.51. The second-order valence-electron chi connectivity index (χ2n) is 4.86. The lowest BCUT2D eigenvalue weighted by molar-refractivity contribution is -0.384. The molecule has 1 aromatic rings. The molecule has 2 rings (SSSR count). The minimum Gasteiger partial charge on any atom is -0.346 e. The van der Waals surface area contributed by atoms with E-state index in [1.54, 1.807) is 0 Å². The number of likely N-dealkylation sites (N-methyl/N-ethyl adjacent to an activating group) is 1. The molecule has 0 bridgehead atoms. The normalized spacial score (nSPS) is 15.6. The van der Waals surface area contributed by atoms with E-state index < -0.39 is 10.8 Å². The summed E-state index contributed by atoms with van der Waals surface area (Å²) in [5, 5.41) is 13.7. The Kier molecular flexibility index (Phi) is 4.81. The first kappa shape index (κ1) is 15.3. The van der Waals surface area contributed by atoms with Crippen LogP contribution in [-0.2, 0) is 0 Å². The van der Waals surface area contributed by atoms with Crippen molar-refractivity contribution < 1.29 is 9.72 Å². The van der Waals surface area contributed by atoms with Crippen LogP contribution in [0.5, 0.6) is 0 Å². The number of non-ortho nitro benzene ring substituents is 1. The highest BCUT2D eigenvalue weighted by molar-refractivity contribution is 7.80. The second kappa shape index (κ2) is 6.59. The average Bonchev–Trinajstić information content (AvgIpc) is 2.48. The van der Waals surface area contributed by atoms with Gasteiger partial charge in [0.2, 0.25) is 0 Å². The van der Waals surface area contributed by atoms with E-state index in [0.717, 1.165) is 26.2 Å². The number of hydrogen-bond donors (Lipinski definition) is 1. The summed E-state index contributed by atoms with van der Waals surface area (Å²) >= 11 is 5.21.